The van der Waals surface area contributed by atoms with Crippen molar-refractivity contribution in [3.05, 3.63) is 29.3 Å². The molecule has 0 spiro atoms. The number of carbonyl (C=O) groups excluding carboxylic acids is 2. The maximum atomic E-state index is 13.5. The van der Waals surface area contributed by atoms with E-state index in [0.29, 0.717) is 6.54 Å². The Bertz CT molecular complexity index is 1090. The zero-order valence-corrected chi connectivity index (χ0v) is 22.7. The molecular weight excluding hydrogens is 503 g/mol. The lowest BCUT2D eigenvalue weighted by Gasteiger charge is -2.44. The number of anilines is 1. The van der Waals surface area contributed by atoms with Crippen LogP contribution >= 0.6 is 12.2 Å². The number of thiocarbonyl (C=S) groups is 1. The summed E-state index contributed by atoms with van der Waals surface area (Å²) in [4.78, 5) is 32.2. The van der Waals surface area contributed by atoms with E-state index in [0.717, 1.165) is 55.9 Å². The van der Waals surface area contributed by atoms with Crippen molar-refractivity contribution >= 4 is 34.8 Å². The summed E-state index contributed by atoms with van der Waals surface area (Å²) in [6, 6.07) is 5.32. The number of nitriles is 1. The highest BCUT2D eigenvalue weighted by atomic mass is 32.1. The number of amides is 2. The van der Waals surface area contributed by atoms with E-state index >= 15 is 0 Å². The number of alkyl halides is 3. The lowest BCUT2D eigenvalue weighted by atomic mass is 10.0. The molecular formula is C26H34F3N5O2S. The van der Waals surface area contributed by atoms with Crippen LogP contribution in [0.4, 0.5) is 18.9 Å². The molecule has 7 nitrogen and oxygen atoms in total. The highest BCUT2D eigenvalue weighted by Gasteiger charge is 2.49. The molecule has 2 heterocycles. The van der Waals surface area contributed by atoms with Crippen molar-refractivity contribution in [1.82, 2.24) is 14.7 Å². The maximum absolute atomic E-state index is 13.5. The Morgan fingerprint density at radius 1 is 1.14 bits per heavy atom. The van der Waals surface area contributed by atoms with Gasteiger partial charge in [-0.15, -0.1) is 0 Å². The van der Waals surface area contributed by atoms with Gasteiger partial charge in [0.15, 0.2) is 5.11 Å². The third-order valence-electron chi connectivity index (χ3n) is 7.36. The van der Waals surface area contributed by atoms with Crippen LogP contribution < -0.4 is 4.90 Å². The van der Waals surface area contributed by atoms with Gasteiger partial charge in [-0.2, -0.15) is 18.4 Å². The van der Waals surface area contributed by atoms with Gasteiger partial charge in [0.25, 0.3) is 5.91 Å². The van der Waals surface area contributed by atoms with Crippen molar-refractivity contribution in [2.45, 2.75) is 77.7 Å². The van der Waals surface area contributed by atoms with E-state index in [2.05, 4.69) is 18.7 Å². The van der Waals surface area contributed by atoms with E-state index in [-0.39, 0.29) is 28.8 Å². The van der Waals surface area contributed by atoms with Crippen molar-refractivity contribution in [3.63, 3.8) is 0 Å². The number of hydrogen-bond donors (Lipinski definition) is 0. The SMILES string of the molecule is CC(=O)N1C[C@@H](C)N(CCCCCN2C(=S)N(c3ccc(C#N)c(C(F)(F)F)c3)C(=O)C2(C)C)[C@@H](C)C1. The Balaban J connectivity index is 1.62. The average molecular weight is 538 g/mol. The van der Waals surface area contributed by atoms with Crippen LogP contribution in [0.25, 0.3) is 0 Å². The molecule has 0 radical (unpaired) electrons. The van der Waals surface area contributed by atoms with E-state index in [1.807, 2.05) is 4.90 Å². The second kappa shape index (κ2) is 11.0. The van der Waals surface area contributed by atoms with Gasteiger partial charge in [-0.1, -0.05) is 6.42 Å². The summed E-state index contributed by atoms with van der Waals surface area (Å²) >= 11 is 5.56. The molecule has 37 heavy (non-hydrogen) atoms. The Kier molecular flexibility index (Phi) is 8.54. The van der Waals surface area contributed by atoms with E-state index in [1.165, 1.54) is 6.07 Å². The van der Waals surface area contributed by atoms with Crippen molar-refractivity contribution in [1.29, 1.82) is 5.26 Å². The van der Waals surface area contributed by atoms with Gasteiger partial charge in [-0.3, -0.25) is 19.4 Å². The summed E-state index contributed by atoms with van der Waals surface area (Å²) in [5, 5.41) is 9.23. The minimum absolute atomic E-state index is 0.00424. The molecule has 2 aliphatic rings. The van der Waals surface area contributed by atoms with Crippen LogP contribution in [0.15, 0.2) is 18.2 Å². The third kappa shape index (κ3) is 5.91. The Labute approximate surface area is 221 Å². The molecule has 1 aromatic rings. The quantitative estimate of drug-likeness (QED) is 0.379. The maximum Gasteiger partial charge on any atom is 0.417 e. The summed E-state index contributed by atoms with van der Waals surface area (Å²) in [7, 11) is 0. The van der Waals surface area contributed by atoms with Crippen LogP contribution in [0.1, 0.15) is 65.0 Å². The van der Waals surface area contributed by atoms with Crippen molar-refractivity contribution in [2.75, 3.05) is 31.1 Å². The summed E-state index contributed by atoms with van der Waals surface area (Å²) < 4.78 is 40.4. The Morgan fingerprint density at radius 3 is 2.27 bits per heavy atom. The average Bonchev–Trinajstić information content (AvgIpc) is 2.97. The van der Waals surface area contributed by atoms with Gasteiger partial charge in [0.2, 0.25) is 5.91 Å². The normalized spacial score (nSPS) is 22.5. The minimum atomic E-state index is -4.73. The van der Waals surface area contributed by atoms with Crippen molar-refractivity contribution in [3.8, 4) is 6.07 Å². The molecule has 0 aromatic heterocycles. The van der Waals surface area contributed by atoms with Crippen LogP contribution in [-0.4, -0.2) is 75.4 Å². The first-order chi connectivity index (χ1) is 17.2. The highest BCUT2D eigenvalue weighted by Crippen LogP contribution is 2.38. The van der Waals surface area contributed by atoms with Gasteiger partial charge < -0.3 is 9.80 Å². The minimum Gasteiger partial charge on any atom is -0.340 e. The fourth-order valence-corrected chi connectivity index (χ4v) is 5.75. The first-order valence-corrected chi connectivity index (χ1v) is 12.9. The molecule has 0 unspecified atom stereocenters. The molecule has 11 heteroatoms. The zero-order chi connectivity index (χ0) is 27.7. The fourth-order valence-electron chi connectivity index (χ4n) is 5.24. The molecule has 0 aliphatic carbocycles. The second-order valence-corrected chi connectivity index (χ2v) is 10.8. The molecule has 2 atom stereocenters. The molecule has 2 aliphatic heterocycles. The van der Waals surface area contributed by atoms with Gasteiger partial charge >= 0.3 is 6.18 Å². The molecule has 202 valence electrons. The van der Waals surface area contributed by atoms with E-state index < -0.39 is 28.7 Å². The zero-order valence-electron chi connectivity index (χ0n) is 21.9. The molecule has 2 saturated heterocycles. The van der Waals surface area contributed by atoms with Gasteiger partial charge in [-0.25, -0.2) is 0 Å². The van der Waals surface area contributed by atoms with E-state index in [9.17, 15) is 22.8 Å². The molecule has 2 fully saturated rings. The summed E-state index contributed by atoms with van der Waals surface area (Å²) in [6.45, 7) is 12.1. The second-order valence-electron chi connectivity index (χ2n) is 10.4. The fraction of sp³-hybridized carbons (Fsp3) is 0.615. The highest BCUT2D eigenvalue weighted by molar-refractivity contribution is 7.80. The van der Waals surface area contributed by atoms with Gasteiger partial charge in [0.1, 0.15) is 5.54 Å². The van der Waals surface area contributed by atoms with Gasteiger partial charge in [0.05, 0.1) is 22.9 Å². The number of hydrogen-bond acceptors (Lipinski definition) is 5. The van der Waals surface area contributed by atoms with Crippen LogP contribution in [0, 0.1) is 11.3 Å². The number of rotatable bonds is 7. The van der Waals surface area contributed by atoms with Crippen LogP contribution in [-0.2, 0) is 15.8 Å². The van der Waals surface area contributed by atoms with Crippen LogP contribution in [0.2, 0.25) is 0 Å². The molecule has 3 rings (SSSR count). The standard InChI is InChI=1S/C26H34F3N5O2S/c1-17-15-31(19(3)35)16-18(2)32(17)11-7-6-8-12-33-24(37)34(23(36)25(33,4)5)21-10-9-20(14-30)22(13-21)26(27,28)29/h9-10,13,17-18H,6-8,11-12,15-16H2,1-5H3/t17-,18+. The van der Waals surface area contributed by atoms with Crippen LogP contribution in [0.3, 0.4) is 0 Å². The smallest absolute Gasteiger partial charge is 0.340 e. The Morgan fingerprint density at radius 2 is 1.73 bits per heavy atom. The molecule has 0 saturated carbocycles. The van der Waals surface area contributed by atoms with Gasteiger partial charge in [-0.05, 0) is 77.5 Å². The topological polar surface area (TPSA) is 70.9 Å². The molecule has 2 amide bonds. The van der Waals surface area contributed by atoms with E-state index in [4.69, 9.17) is 17.5 Å². The summed E-state index contributed by atoms with van der Waals surface area (Å²) in [5.74, 6) is -0.303. The largest absolute Gasteiger partial charge is 0.417 e. The molecule has 0 N–H and O–H groups in total. The first-order valence-electron chi connectivity index (χ1n) is 12.5. The predicted octanol–water partition coefficient (Wildman–Crippen LogP) is 4.40. The Hall–Kier alpha value is -2.71. The number of piperazine rings is 1. The van der Waals surface area contributed by atoms with Crippen molar-refractivity contribution < 1.29 is 22.8 Å². The number of carbonyl (C=O) groups is 2. The van der Waals surface area contributed by atoms with E-state index in [1.54, 1.807) is 31.7 Å². The summed E-state index contributed by atoms with van der Waals surface area (Å²) in [5.41, 5.74) is -2.59. The number of unbranched alkanes of at least 4 members (excludes halogenated alkanes) is 2. The number of nitrogens with zero attached hydrogens (tertiary/aromatic N) is 5. The molecule has 1 aromatic carbocycles. The van der Waals surface area contributed by atoms with Gasteiger partial charge in [0, 0.05) is 38.6 Å². The van der Waals surface area contributed by atoms with Crippen LogP contribution in [0.5, 0.6) is 0 Å². The molecule has 0 bridgehead atoms. The van der Waals surface area contributed by atoms with Crippen molar-refractivity contribution in [2.24, 2.45) is 0 Å². The number of halogens is 3. The lowest BCUT2D eigenvalue weighted by Crippen LogP contribution is -2.57. The first kappa shape index (κ1) is 28.9. The third-order valence-corrected chi connectivity index (χ3v) is 7.76. The predicted molar refractivity (Wildman–Crippen MR) is 139 cm³/mol. The monoisotopic (exact) mass is 537 g/mol. The summed E-state index contributed by atoms with van der Waals surface area (Å²) in [6.07, 6.45) is -2.13. The lowest BCUT2D eigenvalue weighted by molar-refractivity contribution is -0.138. The number of benzene rings is 1.